The van der Waals surface area contributed by atoms with Gasteiger partial charge in [0.15, 0.2) is 0 Å². The summed E-state index contributed by atoms with van der Waals surface area (Å²) in [5.74, 6) is 2.15. The van der Waals surface area contributed by atoms with E-state index >= 15 is 0 Å². The van der Waals surface area contributed by atoms with Gasteiger partial charge in [0.1, 0.15) is 0 Å². The molecule has 52 heavy (non-hydrogen) atoms. The molecule has 0 bridgehead atoms. The Morgan fingerprint density at radius 2 is 0.808 bits per heavy atom. The summed E-state index contributed by atoms with van der Waals surface area (Å²) in [6, 6.07) is 36.9. The number of benzene rings is 3. The van der Waals surface area contributed by atoms with Gasteiger partial charge in [-0.2, -0.15) is 0 Å². The molecule has 0 saturated heterocycles. The van der Waals surface area contributed by atoms with Gasteiger partial charge < -0.3 is 0 Å². The molecule has 0 saturated carbocycles. The summed E-state index contributed by atoms with van der Waals surface area (Å²) >= 11 is 0. The maximum Gasteiger partial charge on any atom is 0.0890 e. The molecule has 0 spiro atoms. The molecule has 284 valence electrons. The second-order valence-corrected chi connectivity index (χ2v) is 12.0. The van der Waals surface area contributed by atoms with Gasteiger partial charge in [-0.1, -0.05) is 184 Å². The van der Waals surface area contributed by atoms with Gasteiger partial charge in [-0.15, -0.1) is 0 Å². The van der Waals surface area contributed by atoms with E-state index in [4.69, 9.17) is 0 Å². The van der Waals surface area contributed by atoms with Crippen molar-refractivity contribution in [3.8, 4) is 0 Å². The summed E-state index contributed by atoms with van der Waals surface area (Å²) in [7, 11) is 0. The number of rotatable bonds is 4. The molecule has 0 atom stereocenters. The van der Waals surface area contributed by atoms with Gasteiger partial charge in [0, 0.05) is 29.2 Å². The lowest BCUT2D eigenvalue weighted by Gasteiger charge is -2.04. The normalized spacial score (nSPS) is 9.46. The van der Waals surface area contributed by atoms with E-state index in [-0.39, 0.29) is 0 Å². The monoisotopic (exact) mass is 705 g/mol. The Bertz CT molecular complexity index is 1530. The Hall–Kier alpha value is -4.44. The molecule has 6 aromatic rings. The summed E-state index contributed by atoms with van der Waals surface area (Å²) in [5, 5.41) is 1.21. The topological polar surface area (TPSA) is 51.6 Å². The molecule has 6 rings (SSSR count). The van der Waals surface area contributed by atoms with E-state index in [1.807, 2.05) is 128 Å². The van der Waals surface area contributed by atoms with Crippen molar-refractivity contribution in [1.29, 1.82) is 0 Å². The van der Waals surface area contributed by atoms with Crippen molar-refractivity contribution in [2.24, 2.45) is 0 Å². The fourth-order valence-corrected chi connectivity index (χ4v) is 4.21. The van der Waals surface area contributed by atoms with Crippen molar-refractivity contribution in [2.45, 2.75) is 134 Å². The van der Waals surface area contributed by atoms with E-state index in [1.165, 1.54) is 16.6 Å². The predicted molar refractivity (Wildman–Crippen MR) is 234 cm³/mol. The summed E-state index contributed by atoms with van der Waals surface area (Å²) in [6.07, 6.45) is 3.68. The maximum absolute atomic E-state index is 4.57. The highest BCUT2D eigenvalue weighted by atomic mass is 14.8. The van der Waals surface area contributed by atoms with Crippen LogP contribution in [0.15, 0.2) is 122 Å². The van der Waals surface area contributed by atoms with Crippen molar-refractivity contribution < 1.29 is 0 Å². The van der Waals surface area contributed by atoms with Crippen LogP contribution >= 0.6 is 0 Å². The number of pyridine rings is 2. The van der Waals surface area contributed by atoms with Crippen LogP contribution in [0.25, 0.3) is 21.9 Å². The van der Waals surface area contributed by atoms with Crippen LogP contribution < -0.4 is 0 Å². The van der Waals surface area contributed by atoms with Crippen LogP contribution in [0.4, 0.5) is 0 Å². The molecule has 0 radical (unpaired) electrons. The zero-order chi connectivity index (χ0) is 39.9. The highest BCUT2D eigenvalue weighted by molar-refractivity contribution is 5.78. The SMILES string of the molecule is CC.CC.CC.CC.CC(C)c1ccc2ccccc2n1.CC(C)c1ccccc1.CC(C)c1ccccn1.CC(C)c1cnc2ccccc2n1. The molecule has 0 amide bonds. The molecule has 0 aliphatic heterocycles. The highest BCUT2D eigenvalue weighted by Crippen LogP contribution is 2.17. The van der Waals surface area contributed by atoms with E-state index in [0.29, 0.717) is 23.7 Å². The fourth-order valence-electron chi connectivity index (χ4n) is 4.21. The minimum atomic E-state index is 0.442. The third kappa shape index (κ3) is 19.8. The Kier molecular flexibility index (Phi) is 29.9. The first kappa shape index (κ1) is 49.7. The first-order valence-electron chi connectivity index (χ1n) is 19.7. The zero-order valence-electron chi connectivity index (χ0n) is 35.6. The van der Waals surface area contributed by atoms with Gasteiger partial charge in [0.2, 0.25) is 0 Å². The Morgan fingerprint density at radius 1 is 0.346 bits per heavy atom. The van der Waals surface area contributed by atoms with E-state index in [0.717, 1.165) is 27.9 Å². The van der Waals surface area contributed by atoms with E-state index in [9.17, 15) is 0 Å². The van der Waals surface area contributed by atoms with E-state index in [1.54, 1.807) is 0 Å². The van der Waals surface area contributed by atoms with Crippen LogP contribution in [0.3, 0.4) is 0 Å². The minimum absolute atomic E-state index is 0.442. The molecule has 0 N–H and O–H groups in total. The number of para-hydroxylation sites is 3. The van der Waals surface area contributed by atoms with Crippen LogP contribution in [-0.4, -0.2) is 19.9 Å². The summed E-state index contributed by atoms with van der Waals surface area (Å²) in [5.41, 5.74) is 7.83. The van der Waals surface area contributed by atoms with Crippen LogP contribution in [0.2, 0.25) is 0 Å². The van der Waals surface area contributed by atoms with Gasteiger partial charge in [0.25, 0.3) is 0 Å². The van der Waals surface area contributed by atoms with Crippen molar-refractivity contribution >= 4 is 21.9 Å². The molecule has 4 heteroatoms. The summed E-state index contributed by atoms with van der Waals surface area (Å²) in [4.78, 5) is 17.6. The number of aromatic nitrogens is 4. The average Bonchev–Trinajstić information content (AvgIpc) is 3.22. The largest absolute Gasteiger partial charge is 0.261 e. The first-order chi connectivity index (χ1) is 25.2. The van der Waals surface area contributed by atoms with Crippen molar-refractivity contribution in [3.05, 3.63) is 144 Å². The van der Waals surface area contributed by atoms with Crippen LogP contribution in [0.5, 0.6) is 0 Å². The number of hydrogen-bond acceptors (Lipinski definition) is 4. The molecule has 4 nitrogen and oxygen atoms in total. The maximum atomic E-state index is 4.57. The Morgan fingerprint density at radius 3 is 1.27 bits per heavy atom. The third-order valence-electron chi connectivity index (χ3n) is 7.02. The molecular formula is C48H72N4. The van der Waals surface area contributed by atoms with Crippen molar-refractivity contribution in [3.63, 3.8) is 0 Å². The lowest BCUT2D eigenvalue weighted by Crippen LogP contribution is -1.94. The smallest absolute Gasteiger partial charge is 0.0890 e. The molecule has 0 aliphatic carbocycles. The number of nitrogens with zero attached hydrogens (tertiary/aromatic N) is 4. The van der Waals surface area contributed by atoms with Crippen molar-refractivity contribution in [1.82, 2.24) is 19.9 Å². The van der Waals surface area contributed by atoms with E-state index < -0.39 is 0 Å². The van der Waals surface area contributed by atoms with Gasteiger partial charge in [0.05, 0.1) is 22.2 Å². The molecule has 3 heterocycles. The van der Waals surface area contributed by atoms with Crippen LogP contribution in [0, 0.1) is 0 Å². The van der Waals surface area contributed by atoms with Gasteiger partial charge in [-0.3, -0.25) is 15.0 Å². The second-order valence-electron chi connectivity index (χ2n) is 12.0. The first-order valence-corrected chi connectivity index (χ1v) is 19.7. The minimum Gasteiger partial charge on any atom is -0.261 e. The zero-order valence-corrected chi connectivity index (χ0v) is 35.6. The fraction of sp³-hybridized carbons (Fsp3) is 0.417. The molecule has 0 unspecified atom stereocenters. The predicted octanol–water partition coefficient (Wildman–Crippen LogP) is 15.2. The number of fused-ring (bicyclic) bond motifs is 2. The molecular weight excluding hydrogens is 633 g/mol. The highest BCUT2D eigenvalue weighted by Gasteiger charge is 2.03. The Balaban J connectivity index is 0. The lowest BCUT2D eigenvalue weighted by atomic mass is 10.0. The third-order valence-corrected chi connectivity index (χ3v) is 7.02. The molecule has 3 aromatic carbocycles. The quantitative estimate of drug-likeness (QED) is 0.183. The molecule has 0 fully saturated rings. The second kappa shape index (κ2) is 31.3. The van der Waals surface area contributed by atoms with E-state index in [2.05, 4.69) is 124 Å². The summed E-state index contributed by atoms with van der Waals surface area (Å²) < 4.78 is 0. The summed E-state index contributed by atoms with van der Waals surface area (Å²) in [6.45, 7) is 33.3. The standard InChI is InChI=1S/C12H13N.C11H12N2.C9H12.C8H11N.4C2H6/c1-9(2)11-8-7-10-5-3-4-6-12(10)13-11;1-8(2)11-7-12-9-5-3-4-6-10(9)13-11;1-8(2)9-6-4-3-5-7-9;1-7(2)8-5-3-4-6-9-8;4*1-2/h3-9H,1-2H3;3-8H,1-2H3;3-8H,1-2H3;3-7H,1-2H3;4*1-2H3. The number of hydrogen-bond donors (Lipinski definition) is 0. The lowest BCUT2D eigenvalue weighted by molar-refractivity contribution is 0.822. The molecule has 3 aromatic heterocycles. The Labute approximate surface area is 319 Å². The molecule has 0 aliphatic rings. The van der Waals surface area contributed by atoms with Gasteiger partial charge in [-0.25, -0.2) is 4.98 Å². The van der Waals surface area contributed by atoms with Crippen LogP contribution in [-0.2, 0) is 0 Å². The average molecular weight is 705 g/mol. The van der Waals surface area contributed by atoms with Crippen molar-refractivity contribution in [2.75, 3.05) is 0 Å². The van der Waals surface area contributed by atoms with Gasteiger partial charge >= 0.3 is 0 Å². The van der Waals surface area contributed by atoms with Gasteiger partial charge in [-0.05, 0) is 65.6 Å². The van der Waals surface area contributed by atoms with Crippen LogP contribution in [0.1, 0.15) is 157 Å².